The van der Waals surface area contributed by atoms with Crippen LogP contribution in [0.3, 0.4) is 0 Å². The molecule has 0 aliphatic rings. The Bertz CT molecular complexity index is 702. The van der Waals surface area contributed by atoms with Gasteiger partial charge in [-0.25, -0.2) is 0 Å². The predicted octanol–water partition coefficient (Wildman–Crippen LogP) is 6.51. The summed E-state index contributed by atoms with van der Waals surface area (Å²) in [5.74, 6) is 2.73. The Morgan fingerprint density at radius 1 is 0.667 bits per heavy atom. The Morgan fingerprint density at radius 2 is 1.07 bits per heavy atom. The summed E-state index contributed by atoms with van der Waals surface area (Å²) in [4.78, 5) is 0. The van der Waals surface area contributed by atoms with Gasteiger partial charge in [0, 0.05) is 0 Å². The first-order valence-corrected chi connectivity index (χ1v) is 11.2. The lowest BCUT2D eigenvalue weighted by Gasteiger charge is -2.12. The van der Waals surface area contributed by atoms with Crippen molar-refractivity contribution in [2.75, 3.05) is 13.2 Å². The van der Waals surface area contributed by atoms with Crippen LogP contribution in [-0.4, -0.2) is 23.4 Å². The average Bonchev–Trinajstić information content (AvgIpc) is 2.69. The Labute approximate surface area is 181 Å². The summed E-state index contributed by atoms with van der Waals surface area (Å²) in [7, 11) is 0. The molecule has 2 rings (SSSR count). The molecule has 0 fully saturated rings. The molecule has 0 amide bonds. The zero-order chi connectivity index (χ0) is 21.9. The van der Waals surface area contributed by atoms with E-state index in [1.54, 1.807) is 12.1 Å². The van der Waals surface area contributed by atoms with E-state index >= 15 is 0 Å². The third-order valence-electron chi connectivity index (χ3n) is 5.13. The highest BCUT2D eigenvalue weighted by Crippen LogP contribution is 2.29. The normalized spacial score (nSPS) is 11.3. The zero-order valence-corrected chi connectivity index (χ0v) is 19.0. The van der Waals surface area contributed by atoms with Gasteiger partial charge in [-0.3, -0.25) is 0 Å². The van der Waals surface area contributed by atoms with Crippen molar-refractivity contribution in [3.8, 4) is 23.0 Å². The molecule has 4 heteroatoms. The van der Waals surface area contributed by atoms with Crippen LogP contribution in [0.5, 0.6) is 23.0 Å². The van der Waals surface area contributed by atoms with Crippen molar-refractivity contribution >= 4 is 0 Å². The van der Waals surface area contributed by atoms with Crippen molar-refractivity contribution in [3.63, 3.8) is 0 Å². The fourth-order valence-corrected chi connectivity index (χ4v) is 3.13. The second kappa shape index (κ2) is 12.4. The molecule has 0 aliphatic carbocycles. The van der Waals surface area contributed by atoms with E-state index in [-0.39, 0.29) is 11.5 Å². The van der Waals surface area contributed by atoms with E-state index in [4.69, 9.17) is 9.47 Å². The van der Waals surface area contributed by atoms with Crippen LogP contribution in [0, 0.1) is 11.8 Å². The second-order valence-corrected chi connectivity index (χ2v) is 8.87. The molecule has 0 heterocycles. The molecule has 0 radical (unpaired) electrons. The molecule has 0 atom stereocenters. The minimum absolute atomic E-state index is 0.205. The highest BCUT2D eigenvalue weighted by Gasteiger charge is 2.07. The lowest BCUT2D eigenvalue weighted by molar-refractivity contribution is 0.276. The van der Waals surface area contributed by atoms with E-state index in [1.807, 2.05) is 24.3 Å². The van der Waals surface area contributed by atoms with Crippen LogP contribution in [0.1, 0.15) is 64.5 Å². The summed E-state index contributed by atoms with van der Waals surface area (Å²) in [5.41, 5.74) is 2.35. The number of hydrogen-bond donors (Lipinski definition) is 2. The highest BCUT2D eigenvalue weighted by molar-refractivity contribution is 5.42. The number of ether oxygens (including phenoxy) is 2. The van der Waals surface area contributed by atoms with Crippen LogP contribution in [-0.2, 0) is 12.8 Å². The van der Waals surface area contributed by atoms with E-state index in [0.717, 1.165) is 38.5 Å². The number of phenolic OH excluding ortho intramolecular Hbond substituents is 2. The van der Waals surface area contributed by atoms with Crippen molar-refractivity contribution in [3.05, 3.63) is 47.5 Å². The van der Waals surface area contributed by atoms with Gasteiger partial charge in [0.25, 0.3) is 0 Å². The maximum Gasteiger partial charge on any atom is 0.161 e. The van der Waals surface area contributed by atoms with Gasteiger partial charge in [0.1, 0.15) is 0 Å². The Kier molecular flexibility index (Phi) is 9.85. The topological polar surface area (TPSA) is 58.9 Å². The molecule has 0 aliphatic heterocycles. The molecule has 2 aromatic rings. The van der Waals surface area contributed by atoms with E-state index in [2.05, 4.69) is 27.7 Å². The summed E-state index contributed by atoms with van der Waals surface area (Å²) in [6, 6.07) is 11.3. The van der Waals surface area contributed by atoms with Crippen LogP contribution in [0.2, 0.25) is 0 Å². The van der Waals surface area contributed by atoms with Crippen LogP contribution >= 0.6 is 0 Å². The van der Waals surface area contributed by atoms with E-state index in [1.165, 1.54) is 11.1 Å². The summed E-state index contributed by atoms with van der Waals surface area (Å²) >= 11 is 0. The molecule has 0 aromatic heterocycles. The number of phenols is 2. The van der Waals surface area contributed by atoms with Crippen molar-refractivity contribution < 1.29 is 19.7 Å². The number of rotatable bonds is 13. The van der Waals surface area contributed by atoms with Gasteiger partial charge < -0.3 is 19.7 Å². The Morgan fingerprint density at radius 3 is 1.43 bits per heavy atom. The van der Waals surface area contributed by atoms with Gasteiger partial charge in [0.05, 0.1) is 13.2 Å². The first-order chi connectivity index (χ1) is 14.3. The highest BCUT2D eigenvalue weighted by atomic mass is 16.5. The number of aryl methyl sites for hydroxylation is 2. The summed E-state index contributed by atoms with van der Waals surface area (Å²) in [6.45, 7) is 9.89. The largest absolute Gasteiger partial charge is 0.504 e. The molecule has 166 valence electrons. The zero-order valence-electron chi connectivity index (χ0n) is 19.0. The third-order valence-corrected chi connectivity index (χ3v) is 5.13. The maximum atomic E-state index is 10.0. The average molecular weight is 415 g/mol. The molecule has 4 nitrogen and oxygen atoms in total. The van der Waals surface area contributed by atoms with Crippen LogP contribution in [0.4, 0.5) is 0 Å². The van der Waals surface area contributed by atoms with Gasteiger partial charge in [-0.2, -0.15) is 0 Å². The maximum absolute atomic E-state index is 10.0. The standard InChI is InChI=1S/C26H38O4/c1-19(2)13-15-29-25-17-21(9-11-23(25)27)7-5-6-8-22-10-12-24(28)26(18-22)30-16-14-20(3)4/h9-12,17-20,27-28H,5-8,13-16H2,1-4H3. The van der Waals surface area contributed by atoms with Gasteiger partial charge in [-0.05, 0) is 85.8 Å². The van der Waals surface area contributed by atoms with Gasteiger partial charge in [-0.15, -0.1) is 0 Å². The number of aromatic hydroxyl groups is 2. The smallest absolute Gasteiger partial charge is 0.161 e. The fourth-order valence-electron chi connectivity index (χ4n) is 3.13. The second-order valence-electron chi connectivity index (χ2n) is 8.87. The van der Waals surface area contributed by atoms with E-state index < -0.39 is 0 Å². The van der Waals surface area contributed by atoms with Crippen LogP contribution in [0.25, 0.3) is 0 Å². The summed E-state index contributed by atoms with van der Waals surface area (Å²) in [5, 5.41) is 20.0. The van der Waals surface area contributed by atoms with Crippen molar-refractivity contribution in [1.29, 1.82) is 0 Å². The van der Waals surface area contributed by atoms with Gasteiger partial charge in [0.15, 0.2) is 23.0 Å². The molecular weight excluding hydrogens is 376 g/mol. The lowest BCUT2D eigenvalue weighted by atomic mass is 10.0. The number of benzene rings is 2. The molecule has 2 aromatic carbocycles. The number of unbranched alkanes of at least 4 members (excludes halogenated alkanes) is 1. The molecule has 30 heavy (non-hydrogen) atoms. The fraction of sp³-hybridized carbons (Fsp3) is 0.538. The van der Waals surface area contributed by atoms with Gasteiger partial charge >= 0.3 is 0 Å². The molecular formula is C26H38O4. The Balaban J connectivity index is 1.80. The van der Waals surface area contributed by atoms with E-state index in [9.17, 15) is 10.2 Å². The van der Waals surface area contributed by atoms with Crippen LogP contribution < -0.4 is 9.47 Å². The minimum atomic E-state index is 0.205. The lowest BCUT2D eigenvalue weighted by Crippen LogP contribution is -2.02. The van der Waals surface area contributed by atoms with E-state index in [0.29, 0.717) is 36.5 Å². The van der Waals surface area contributed by atoms with Gasteiger partial charge in [-0.1, -0.05) is 39.8 Å². The van der Waals surface area contributed by atoms with Crippen molar-refractivity contribution in [2.45, 2.75) is 66.2 Å². The molecule has 0 bridgehead atoms. The molecule has 0 unspecified atom stereocenters. The molecule has 2 N–H and O–H groups in total. The SMILES string of the molecule is CC(C)CCOc1cc(CCCCc2ccc(O)c(OCCC(C)C)c2)ccc1O. The third kappa shape index (κ3) is 8.56. The molecule has 0 saturated carbocycles. The van der Waals surface area contributed by atoms with Gasteiger partial charge in [0.2, 0.25) is 0 Å². The first-order valence-electron chi connectivity index (χ1n) is 11.2. The van der Waals surface area contributed by atoms with Crippen molar-refractivity contribution in [1.82, 2.24) is 0 Å². The molecule has 0 spiro atoms. The van der Waals surface area contributed by atoms with Crippen LogP contribution in [0.15, 0.2) is 36.4 Å². The summed E-state index contributed by atoms with van der Waals surface area (Å²) in [6.07, 6.45) is 5.91. The Hall–Kier alpha value is -2.36. The minimum Gasteiger partial charge on any atom is -0.504 e. The number of hydrogen-bond acceptors (Lipinski definition) is 4. The predicted molar refractivity (Wildman–Crippen MR) is 123 cm³/mol. The van der Waals surface area contributed by atoms with Crippen molar-refractivity contribution in [2.24, 2.45) is 11.8 Å². The monoisotopic (exact) mass is 414 g/mol. The first kappa shape index (κ1) is 23.9. The quantitative estimate of drug-likeness (QED) is 0.367. The molecule has 0 saturated heterocycles. The summed E-state index contributed by atoms with van der Waals surface area (Å²) < 4.78 is 11.5.